The number of ether oxygens (including phenoxy) is 1. The molecule has 2 heteroatoms. The van der Waals surface area contributed by atoms with Crippen LogP contribution in [0.4, 0.5) is 0 Å². The van der Waals surface area contributed by atoms with Gasteiger partial charge in [0, 0.05) is 11.3 Å². The highest BCUT2D eigenvalue weighted by Gasteiger charge is 2.56. The first-order chi connectivity index (χ1) is 18.6. The Morgan fingerprint density at radius 1 is 0.763 bits per heavy atom. The molecule has 190 valence electrons. The smallest absolute Gasteiger partial charge is 0.162 e. The molecule has 0 aliphatic heterocycles. The van der Waals surface area contributed by atoms with E-state index < -0.39 is 5.41 Å². The number of hydrogen-bond donors (Lipinski definition) is 0. The van der Waals surface area contributed by atoms with Crippen LogP contribution in [0, 0.1) is 10.8 Å². The Morgan fingerprint density at radius 2 is 1.34 bits per heavy atom. The maximum absolute atomic E-state index is 14.1. The molecule has 0 saturated carbocycles. The molecule has 0 saturated heterocycles. The van der Waals surface area contributed by atoms with Crippen LogP contribution in [-0.4, -0.2) is 5.78 Å². The van der Waals surface area contributed by atoms with E-state index in [0.29, 0.717) is 6.61 Å². The van der Waals surface area contributed by atoms with E-state index in [2.05, 4.69) is 91.9 Å². The second kappa shape index (κ2) is 10.1. The maximum atomic E-state index is 14.1. The summed E-state index contributed by atoms with van der Waals surface area (Å²) >= 11 is 0. The van der Waals surface area contributed by atoms with Crippen molar-refractivity contribution in [3.05, 3.63) is 149 Å². The number of fused-ring (bicyclic) bond motifs is 3. The van der Waals surface area contributed by atoms with Gasteiger partial charge in [-0.3, -0.25) is 4.79 Å². The van der Waals surface area contributed by atoms with Crippen molar-refractivity contribution in [3.8, 4) is 5.75 Å². The zero-order chi connectivity index (χ0) is 26.0. The van der Waals surface area contributed by atoms with Crippen LogP contribution in [0.2, 0.25) is 0 Å². The number of allylic oxidation sites excluding steroid dienone is 2. The average Bonchev–Trinajstić information content (AvgIpc) is 2.95. The zero-order valence-electron chi connectivity index (χ0n) is 22.0. The summed E-state index contributed by atoms with van der Waals surface area (Å²) in [5.74, 6) is 1.22. The van der Waals surface area contributed by atoms with Gasteiger partial charge >= 0.3 is 0 Å². The number of aryl methyl sites for hydroxylation is 1. The zero-order valence-corrected chi connectivity index (χ0v) is 22.0. The number of carbonyl (C=O) groups excluding carboxylic acids is 1. The van der Waals surface area contributed by atoms with E-state index in [9.17, 15) is 4.79 Å². The Hall–Kier alpha value is -3.91. The summed E-state index contributed by atoms with van der Waals surface area (Å²) in [7, 11) is 0. The fourth-order valence-electron chi connectivity index (χ4n) is 6.86. The van der Waals surface area contributed by atoms with Crippen LogP contribution in [0.1, 0.15) is 47.1 Å². The van der Waals surface area contributed by atoms with E-state index in [1.54, 1.807) is 0 Å². The Kier molecular flexibility index (Phi) is 6.49. The normalized spacial score (nSPS) is 21.4. The molecule has 0 N–H and O–H groups in total. The molecule has 0 radical (unpaired) electrons. The summed E-state index contributed by atoms with van der Waals surface area (Å²) < 4.78 is 6.20. The van der Waals surface area contributed by atoms with Gasteiger partial charge < -0.3 is 4.74 Å². The lowest BCUT2D eigenvalue weighted by Gasteiger charge is -2.53. The second-order valence-corrected chi connectivity index (χ2v) is 11.3. The van der Waals surface area contributed by atoms with Gasteiger partial charge in [-0.05, 0) is 77.1 Å². The van der Waals surface area contributed by atoms with Gasteiger partial charge in [0.25, 0.3) is 0 Å². The lowest BCUT2D eigenvalue weighted by molar-refractivity contribution is -0.128. The third-order valence-electron chi connectivity index (χ3n) is 8.65. The van der Waals surface area contributed by atoms with Crippen molar-refractivity contribution < 1.29 is 9.53 Å². The number of ketones is 1. The predicted molar refractivity (Wildman–Crippen MR) is 153 cm³/mol. The van der Waals surface area contributed by atoms with Gasteiger partial charge in [-0.2, -0.15) is 0 Å². The van der Waals surface area contributed by atoms with Gasteiger partial charge in [-0.15, -0.1) is 0 Å². The highest BCUT2D eigenvalue weighted by Crippen LogP contribution is 2.60. The third-order valence-corrected chi connectivity index (χ3v) is 8.65. The quantitative estimate of drug-likeness (QED) is 0.259. The van der Waals surface area contributed by atoms with Crippen molar-refractivity contribution in [1.82, 2.24) is 0 Å². The fourth-order valence-corrected chi connectivity index (χ4v) is 6.86. The summed E-state index contributed by atoms with van der Waals surface area (Å²) in [6.07, 6.45) is 7.54. The van der Waals surface area contributed by atoms with Gasteiger partial charge in [0.2, 0.25) is 0 Å². The lowest BCUT2D eigenvalue weighted by Crippen LogP contribution is -2.51. The number of rotatable bonds is 7. The molecule has 0 bridgehead atoms. The molecule has 4 aromatic rings. The summed E-state index contributed by atoms with van der Waals surface area (Å²) in [6, 6.07) is 37.9. The first kappa shape index (κ1) is 24.4. The van der Waals surface area contributed by atoms with E-state index in [0.717, 1.165) is 37.0 Å². The first-order valence-electron chi connectivity index (χ1n) is 13.7. The Morgan fingerprint density at radius 3 is 1.95 bits per heavy atom. The van der Waals surface area contributed by atoms with Crippen LogP contribution in [0.25, 0.3) is 0 Å². The minimum Gasteiger partial charge on any atom is -0.489 e. The molecule has 0 heterocycles. The van der Waals surface area contributed by atoms with Crippen LogP contribution in [0.5, 0.6) is 5.75 Å². The Labute approximate surface area is 226 Å². The summed E-state index contributed by atoms with van der Waals surface area (Å²) in [5, 5.41) is 0. The first-order valence-corrected chi connectivity index (χ1v) is 13.7. The van der Waals surface area contributed by atoms with Crippen LogP contribution >= 0.6 is 0 Å². The van der Waals surface area contributed by atoms with Crippen LogP contribution in [-0.2, 0) is 30.7 Å². The van der Waals surface area contributed by atoms with E-state index in [4.69, 9.17) is 4.74 Å². The van der Waals surface area contributed by atoms with Gasteiger partial charge in [0.15, 0.2) is 5.78 Å². The van der Waals surface area contributed by atoms with Crippen LogP contribution in [0.15, 0.2) is 121 Å². The van der Waals surface area contributed by atoms with Crippen molar-refractivity contribution in [2.45, 2.75) is 45.1 Å². The molecular formula is C36H34O2. The standard InChI is InChI=1S/C36H34O2/c1-35-21-19-30-23-31(38-26-29-15-9-4-10-16-29)17-18-32(30)34(35)36(33(37)20-22-35,24-27-11-5-2-6-12-27)25-28-13-7-3-8-14-28/h2-18,20,22-23,34H,19,21,24-26H2,1H3/t34-,35+/m1/s1. The molecule has 2 aliphatic rings. The van der Waals surface area contributed by atoms with E-state index in [1.165, 1.54) is 22.3 Å². The molecule has 0 spiro atoms. The van der Waals surface area contributed by atoms with Crippen molar-refractivity contribution in [2.75, 3.05) is 0 Å². The topological polar surface area (TPSA) is 26.3 Å². The molecule has 38 heavy (non-hydrogen) atoms. The molecule has 2 nitrogen and oxygen atoms in total. The molecule has 2 atom stereocenters. The van der Waals surface area contributed by atoms with Gasteiger partial charge in [0.05, 0.1) is 0 Å². The average molecular weight is 499 g/mol. The van der Waals surface area contributed by atoms with Gasteiger partial charge in [-0.25, -0.2) is 0 Å². The monoisotopic (exact) mass is 498 g/mol. The fraction of sp³-hybridized carbons (Fsp3) is 0.250. The minimum absolute atomic E-state index is 0.0832. The number of hydrogen-bond acceptors (Lipinski definition) is 2. The Balaban J connectivity index is 1.43. The molecule has 4 aromatic carbocycles. The van der Waals surface area contributed by atoms with E-state index in [1.807, 2.05) is 36.4 Å². The second-order valence-electron chi connectivity index (χ2n) is 11.3. The molecule has 0 amide bonds. The van der Waals surface area contributed by atoms with Crippen molar-refractivity contribution in [2.24, 2.45) is 10.8 Å². The lowest BCUT2D eigenvalue weighted by atomic mass is 9.49. The number of benzene rings is 4. The highest BCUT2D eigenvalue weighted by molar-refractivity contribution is 5.97. The molecule has 0 unspecified atom stereocenters. The van der Waals surface area contributed by atoms with E-state index in [-0.39, 0.29) is 17.1 Å². The number of carbonyl (C=O) groups is 1. The molecule has 0 aromatic heterocycles. The molecule has 2 aliphatic carbocycles. The third kappa shape index (κ3) is 4.60. The van der Waals surface area contributed by atoms with E-state index >= 15 is 0 Å². The van der Waals surface area contributed by atoms with Crippen LogP contribution < -0.4 is 4.74 Å². The SMILES string of the molecule is C[C@]12C=CC(=O)C(Cc3ccccc3)(Cc3ccccc3)[C@@H]1c1ccc(OCc3ccccc3)cc1CC2. The largest absolute Gasteiger partial charge is 0.489 e. The van der Waals surface area contributed by atoms with Gasteiger partial charge in [-0.1, -0.05) is 110 Å². The van der Waals surface area contributed by atoms with Crippen molar-refractivity contribution >= 4 is 5.78 Å². The predicted octanol–water partition coefficient (Wildman–Crippen LogP) is 7.91. The van der Waals surface area contributed by atoms with Crippen LogP contribution in [0.3, 0.4) is 0 Å². The minimum atomic E-state index is -0.562. The summed E-state index contributed by atoms with van der Waals surface area (Å²) in [6.45, 7) is 2.90. The van der Waals surface area contributed by atoms with Crippen molar-refractivity contribution in [3.63, 3.8) is 0 Å². The molecule has 0 fully saturated rings. The highest BCUT2D eigenvalue weighted by atomic mass is 16.5. The summed E-state index contributed by atoms with van der Waals surface area (Å²) in [4.78, 5) is 14.1. The molecular weight excluding hydrogens is 464 g/mol. The Bertz CT molecular complexity index is 1400. The van der Waals surface area contributed by atoms with Crippen molar-refractivity contribution in [1.29, 1.82) is 0 Å². The summed E-state index contributed by atoms with van der Waals surface area (Å²) in [5.41, 5.74) is 5.55. The maximum Gasteiger partial charge on any atom is 0.162 e. The molecule has 6 rings (SSSR count). The van der Waals surface area contributed by atoms with Gasteiger partial charge in [0.1, 0.15) is 12.4 Å².